The van der Waals surface area contributed by atoms with Gasteiger partial charge in [0.05, 0.1) is 33.9 Å². The van der Waals surface area contributed by atoms with Crippen molar-refractivity contribution >= 4 is 40.1 Å². The third-order valence-electron chi connectivity index (χ3n) is 5.51. The minimum atomic E-state index is -0.456. The van der Waals surface area contributed by atoms with Crippen LogP contribution in [0.15, 0.2) is 47.5 Å². The smallest absolute Gasteiger partial charge is 0.267 e. The molecule has 1 unspecified atom stereocenters. The number of aromatic nitrogens is 5. The molecule has 0 amide bonds. The summed E-state index contributed by atoms with van der Waals surface area (Å²) >= 11 is 6.37. The molecule has 3 aromatic heterocycles. The van der Waals surface area contributed by atoms with Crippen molar-refractivity contribution in [1.29, 1.82) is 5.26 Å². The number of nitriles is 1. The molecule has 1 saturated carbocycles. The first-order chi connectivity index (χ1) is 16.0. The minimum Gasteiger partial charge on any atom is -0.382 e. The van der Waals surface area contributed by atoms with Gasteiger partial charge in [0.2, 0.25) is 5.95 Å². The summed E-state index contributed by atoms with van der Waals surface area (Å²) in [5.41, 5.74) is 12.4. The standard InChI is InChI=1S/C22H18ClN9O/c23-14-4-1-5-15-16(14)21(33)32(12-3-2-8-27-10-12)20(28-15)17(11-6-7-11)29-19-13(9-24)18(25)30-22(26)31-19/h1-5,8,10-11,17H,6-7H2,(H5,25,26,29,30,31). The van der Waals surface area contributed by atoms with Crippen LogP contribution in [0.4, 0.5) is 17.6 Å². The number of nitrogen functional groups attached to an aromatic ring is 2. The third kappa shape index (κ3) is 3.68. The largest absolute Gasteiger partial charge is 0.382 e. The van der Waals surface area contributed by atoms with Crippen LogP contribution in [0.1, 0.15) is 30.3 Å². The summed E-state index contributed by atoms with van der Waals surface area (Å²) in [7, 11) is 0. The molecule has 0 spiro atoms. The molecular weight excluding hydrogens is 442 g/mol. The molecule has 10 nitrogen and oxygen atoms in total. The molecule has 11 heteroatoms. The summed E-state index contributed by atoms with van der Waals surface area (Å²) in [5.74, 6) is 0.708. The molecule has 0 saturated heterocycles. The lowest BCUT2D eigenvalue weighted by Crippen LogP contribution is -2.30. The zero-order valence-electron chi connectivity index (χ0n) is 17.2. The summed E-state index contributed by atoms with van der Waals surface area (Å²) in [6.07, 6.45) is 5.02. The van der Waals surface area contributed by atoms with E-state index in [1.165, 1.54) is 4.57 Å². The number of nitrogens with two attached hydrogens (primary N) is 2. The Kier molecular flexibility index (Phi) is 5.03. The molecule has 33 heavy (non-hydrogen) atoms. The van der Waals surface area contributed by atoms with E-state index in [0.717, 1.165) is 12.8 Å². The number of fused-ring (bicyclic) bond motifs is 1. The molecule has 5 rings (SSSR count). The molecule has 4 aromatic rings. The van der Waals surface area contributed by atoms with Crippen LogP contribution in [0.3, 0.4) is 0 Å². The van der Waals surface area contributed by atoms with Crippen LogP contribution in [0.2, 0.25) is 5.02 Å². The number of halogens is 1. The van der Waals surface area contributed by atoms with Gasteiger partial charge in [-0.25, -0.2) is 4.98 Å². The van der Waals surface area contributed by atoms with E-state index in [4.69, 9.17) is 28.1 Å². The summed E-state index contributed by atoms with van der Waals surface area (Å²) in [6, 6.07) is 10.2. The Morgan fingerprint density at radius 1 is 1.18 bits per heavy atom. The second kappa shape index (κ2) is 8.03. The van der Waals surface area contributed by atoms with Crippen molar-refractivity contribution in [3.8, 4) is 11.8 Å². The van der Waals surface area contributed by atoms with Crippen molar-refractivity contribution < 1.29 is 0 Å². The van der Waals surface area contributed by atoms with Gasteiger partial charge in [-0.3, -0.25) is 14.3 Å². The van der Waals surface area contributed by atoms with Crippen molar-refractivity contribution in [3.63, 3.8) is 0 Å². The molecule has 0 aliphatic heterocycles. The highest BCUT2D eigenvalue weighted by atomic mass is 35.5. The first-order valence-electron chi connectivity index (χ1n) is 10.2. The average molecular weight is 460 g/mol. The van der Waals surface area contributed by atoms with E-state index < -0.39 is 6.04 Å². The molecule has 1 aliphatic carbocycles. The maximum Gasteiger partial charge on any atom is 0.267 e. The van der Waals surface area contributed by atoms with Gasteiger partial charge in [-0.2, -0.15) is 15.2 Å². The zero-order valence-corrected chi connectivity index (χ0v) is 18.0. The first kappa shape index (κ1) is 20.7. The number of rotatable bonds is 5. The number of nitrogens with one attached hydrogen (secondary N) is 1. The van der Waals surface area contributed by atoms with Crippen LogP contribution in [0.5, 0.6) is 0 Å². The van der Waals surface area contributed by atoms with E-state index in [9.17, 15) is 10.1 Å². The quantitative estimate of drug-likeness (QED) is 0.407. The fourth-order valence-electron chi connectivity index (χ4n) is 3.83. The van der Waals surface area contributed by atoms with Crippen molar-refractivity contribution in [2.45, 2.75) is 18.9 Å². The number of hydrogen-bond donors (Lipinski definition) is 3. The van der Waals surface area contributed by atoms with Crippen LogP contribution in [-0.4, -0.2) is 24.5 Å². The van der Waals surface area contributed by atoms with Crippen LogP contribution in [-0.2, 0) is 0 Å². The van der Waals surface area contributed by atoms with Gasteiger partial charge in [-0.1, -0.05) is 17.7 Å². The number of hydrogen-bond acceptors (Lipinski definition) is 9. The Hall–Kier alpha value is -4.23. The molecule has 164 valence electrons. The van der Waals surface area contributed by atoms with Gasteiger partial charge in [0.15, 0.2) is 5.82 Å². The van der Waals surface area contributed by atoms with Crippen LogP contribution < -0.4 is 22.3 Å². The molecule has 0 bridgehead atoms. The third-order valence-corrected chi connectivity index (χ3v) is 5.82. The van der Waals surface area contributed by atoms with Gasteiger partial charge in [0, 0.05) is 6.20 Å². The van der Waals surface area contributed by atoms with E-state index in [-0.39, 0.29) is 34.6 Å². The molecular formula is C22H18ClN9O. The van der Waals surface area contributed by atoms with Crippen molar-refractivity contribution in [1.82, 2.24) is 24.5 Å². The zero-order chi connectivity index (χ0) is 23.1. The first-order valence-corrected chi connectivity index (χ1v) is 10.6. The van der Waals surface area contributed by atoms with E-state index in [0.29, 0.717) is 27.4 Å². The number of pyridine rings is 1. The highest BCUT2D eigenvalue weighted by Gasteiger charge is 2.37. The lowest BCUT2D eigenvalue weighted by molar-refractivity contribution is 0.608. The highest BCUT2D eigenvalue weighted by Crippen LogP contribution is 2.43. The predicted octanol–water partition coefficient (Wildman–Crippen LogP) is 2.82. The minimum absolute atomic E-state index is 0.0232. The molecule has 1 aromatic carbocycles. The number of benzene rings is 1. The molecule has 1 atom stereocenters. The Morgan fingerprint density at radius 2 is 2.00 bits per heavy atom. The topological polar surface area (TPSA) is 161 Å². The maximum absolute atomic E-state index is 13.7. The van der Waals surface area contributed by atoms with Gasteiger partial charge >= 0.3 is 0 Å². The van der Waals surface area contributed by atoms with Gasteiger partial charge in [-0.15, -0.1) is 0 Å². The summed E-state index contributed by atoms with van der Waals surface area (Å²) in [6.45, 7) is 0. The average Bonchev–Trinajstić information content (AvgIpc) is 3.63. The van der Waals surface area contributed by atoms with Crippen molar-refractivity contribution in [2.75, 3.05) is 16.8 Å². The van der Waals surface area contributed by atoms with Crippen LogP contribution in [0, 0.1) is 17.2 Å². The molecule has 1 fully saturated rings. The lowest BCUT2D eigenvalue weighted by Gasteiger charge is -2.23. The molecule has 1 aliphatic rings. The van der Waals surface area contributed by atoms with Gasteiger partial charge in [-0.05, 0) is 43.0 Å². The Bertz CT molecular complexity index is 1480. The second-order valence-electron chi connectivity index (χ2n) is 7.72. The fraction of sp³-hybridized carbons (Fsp3) is 0.182. The van der Waals surface area contributed by atoms with Crippen LogP contribution >= 0.6 is 11.6 Å². The molecule has 3 heterocycles. The summed E-state index contributed by atoms with van der Waals surface area (Å²) in [5, 5.41) is 13.5. The van der Waals surface area contributed by atoms with Crippen molar-refractivity contribution in [3.05, 3.63) is 69.5 Å². The van der Waals surface area contributed by atoms with Gasteiger partial charge in [0.25, 0.3) is 5.56 Å². The van der Waals surface area contributed by atoms with E-state index in [1.54, 1.807) is 42.7 Å². The number of anilines is 3. The van der Waals surface area contributed by atoms with E-state index >= 15 is 0 Å². The lowest BCUT2D eigenvalue weighted by atomic mass is 10.1. The monoisotopic (exact) mass is 459 g/mol. The predicted molar refractivity (Wildman–Crippen MR) is 125 cm³/mol. The maximum atomic E-state index is 13.7. The molecule has 5 N–H and O–H groups in total. The Balaban J connectivity index is 1.76. The van der Waals surface area contributed by atoms with Gasteiger partial charge < -0.3 is 16.8 Å². The second-order valence-corrected chi connectivity index (χ2v) is 8.12. The highest BCUT2D eigenvalue weighted by molar-refractivity contribution is 6.35. The van der Waals surface area contributed by atoms with E-state index in [1.807, 2.05) is 6.07 Å². The van der Waals surface area contributed by atoms with Crippen molar-refractivity contribution in [2.24, 2.45) is 5.92 Å². The Morgan fingerprint density at radius 3 is 2.70 bits per heavy atom. The SMILES string of the molecule is N#Cc1c(N)nc(N)nc1NC(c1nc2cccc(Cl)c2c(=O)n1-c1cccnc1)C1CC1. The summed E-state index contributed by atoms with van der Waals surface area (Å²) < 4.78 is 1.50. The van der Waals surface area contributed by atoms with Gasteiger partial charge in [0.1, 0.15) is 23.3 Å². The molecule has 0 radical (unpaired) electrons. The normalized spacial score (nSPS) is 14.1. The fourth-order valence-corrected chi connectivity index (χ4v) is 4.08. The summed E-state index contributed by atoms with van der Waals surface area (Å²) in [4.78, 5) is 30.7. The van der Waals surface area contributed by atoms with Crippen LogP contribution in [0.25, 0.3) is 16.6 Å². The Labute approximate surface area is 192 Å². The number of nitrogens with zero attached hydrogens (tertiary/aromatic N) is 6. The van der Waals surface area contributed by atoms with E-state index in [2.05, 4.69) is 20.3 Å².